The van der Waals surface area contributed by atoms with Gasteiger partial charge in [0.15, 0.2) is 0 Å². The van der Waals surface area contributed by atoms with Gasteiger partial charge < -0.3 is 18.5 Å². The third kappa shape index (κ3) is 5.18. The van der Waals surface area contributed by atoms with Gasteiger partial charge in [-0.1, -0.05) is 55.5 Å². The maximum absolute atomic E-state index is 12.2. The van der Waals surface area contributed by atoms with Crippen LogP contribution in [0.3, 0.4) is 0 Å². The molecule has 0 aliphatic carbocycles. The van der Waals surface area contributed by atoms with E-state index in [2.05, 4.69) is 75.4 Å². The smallest absolute Gasteiger partial charge is 0.311 e. The van der Waals surface area contributed by atoms with Gasteiger partial charge in [-0.05, 0) is 68.8 Å². The number of rotatable bonds is 9. The molecule has 0 saturated heterocycles. The molecule has 7 heteroatoms. The molecule has 2 aromatic heterocycles. The predicted molar refractivity (Wildman–Crippen MR) is 160 cm³/mol. The fraction of sp³-hybridized carbons (Fsp3) is 0.206. The van der Waals surface area contributed by atoms with Crippen molar-refractivity contribution in [2.45, 2.75) is 27.2 Å². The maximum atomic E-state index is 12.2. The third-order valence-electron chi connectivity index (χ3n) is 7.46. The number of fused-ring (bicyclic) bond motifs is 3. The van der Waals surface area contributed by atoms with Crippen molar-refractivity contribution in [1.29, 1.82) is 0 Å². The fourth-order valence-corrected chi connectivity index (χ4v) is 4.79. The predicted octanol–water partition coefficient (Wildman–Crippen LogP) is 7.86. The number of nitrogens with zero attached hydrogens (tertiary/aromatic N) is 3. The zero-order chi connectivity index (χ0) is 28.4. The molecule has 0 fully saturated rings. The molecule has 0 aliphatic heterocycles. The van der Waals surface area contributed by atoms with Crippen molar-refractivity contribution in [3.63, 3.8) is 0 Å². The molecule has 0 saturated carbocycles. The van der Waals surface area contributed by atoms with Crippen LogP contribution in [0.5, 0.6) is 5.75 Å². The summed E-state index contributed by atoms with van der Waals surface area (Å²) < 4.78 is 19.5. The summed E-state index contributed by atoms with van der Waals surface area (Å²) >= 11 is 0. The Morgan fingerprint density at radius 3 is 2.05 bits per heavy atom. The first-order chi connectivity index (χ1) is 19.9. The van der Waals surface area contributed by atoms with Crippen LogP contribution in [0.15, 0.2) is 101 Å². The first-order valence-corrected chi connectivity index (χ1v) is 13.8. The number of para-hydroxylation sites is 2. The van der Waals surface area contributed by atoms with E-state index in [1.165, 1.54) is 10.8 Å². The molecule has 0 bridgehead atoms. The van der Waals surface area contributed by atoms with Crippen molar-refractivity contribution < 1.29 is 18.7 Å². The summed E-state index contributed by atoms with van der Waals surface area (Å²) in [6.45, 7) is 6.14. The molecule has 0 atom stereocenters. The quantitative estimate of drug-likeness (QED) is 0.136. The average molecular weight is 546 g/mol. The van der Waals surface area contributed by atoms with Gasteiger partial charge in [-0.15, -0.1) is 10.2 Å². The first-order valence-electron chi connectivity index (χ1n) is 13.8. The Morgan fingerprint density at radius 2 is 1.39 bits per heavy atom. The zero-order valence-corrected chi connectivity index (χ0v) is 23.3. The van der Waals surface area contributed by atoms with Crippen LogP contribution in [0, 0.1) is 5.41 Å². The first kappa shape index (κ1) is 26.3. The van der Waals surface area contributed by atoms with Crippen molar-refractivity contribution in [2.75, 3.05) is 13.2 Å². The molecule has 6 aromatic rings. The minimum absolute atomic E-state index is 0.180. The van der Waals surface area contributed by atoms with Gasteiger partial charge >= 0.3 is 5.97 Å². The maximum Gasteiger partial charge on any atom is 0.311 e. The molecule has 0 amide bonds. The van der Waals surface area contributed by atoms with Crippen molar-refractivity contribution in [1.82, 2.24) is 14.8 Å². The van der Waals surface area contributed by atoms with Gasteiger partial charge in [0.25, 0.3) is 0 Å². The van der Waals surface area contributed by atoms with E-state index in [0.717, 1.165) is 27.8 Å². The van der Waals surface area contributed by atoms with E-state index in [1.807, 2.05) is 57.2 Å². The van der Waals surface area contributed by atoms with E-state index >= 15 is 0 Å². The van der Waals surface area contributed by atoms with E-state index in [4.69, 9.17) is 13.9 Å². The lowest BCUT2D eigenvalue weighted by Gasteiger charge is -2.20. The zero-order valence-electron chi connectivity index (χ0n) is 23.3. The summed E-state index contributed by atoms with van der Waals surface area (Å²) in [7, 11) is 0. The van der Waals surface area contributed by atoms with Gasteiger partial charge in [-0.3, -0.25) is 4.79 Å². The third-order valence-corrected chi connectivity index (χ3v) is 7.46. The number of hydrogen-bond donors (Lipinski definition) is 0. The summed E-state index contributed by atoms with van der Waals surface area (Å²) in [5.74, 6) is 1.22. The Hall–Kier alpha value is -4.91. The second-order valence-electron chi connectivity index (χ2n) is 10.6. The number of carbonyl (C=O) groups excluding carboxylic acids is 1. The van der Waals surface area contributed by atoms with Gasteiger partial charge in [0.05, 0.1) is 16.4 Å². The molecule has 0 aliphatic rings. The lowest BCUT2D eigenvalue weighted by molar-refractivity contribution is -0.154. The Morgan fingerprint density at radius 1 is 0.780 bits per heavy atom. The normalized spacial score (nSPS) is 11.7. The number of carbonyl (C=O) groups is 1. The summed E-state index contributed by atoms with van der Waals surface area (Å²) in [4.78, 5) is 12.2. The number of hydrogen-bond acceptors (Lipinski definition) is 6. The molecule has 41 heavy (non-hydrogen) atoms. The Balaban J connectivity index is 1.21. The second-order valence-corrected chi connectivity index (χ2v) is 10.6. The monoisotopic (exact) mass is 545 g/mol. The van der Waals surface area contributed by atoms with E-state index in [9.17, 15) is 4.79 Å². The highest BCUT2D eigenvalue weighted by Crippen LogP contribution is 2.33. The molecule has 7 nitrogen and oxygen atoms in total. The molecule has 0 N–H and O–H groups in total. The summed E-state index contributed by atoms with van der Waals surface area (Å²) in [5.41, 5.74) is 4.35. The van der Waals surface area contributed by atoms with Gasteiger partial charge in [-0.25, -0.2) is 0 Å². The van der Waals surface area contributed by atoms with Crippen LogP contribution in [0.25, 0.3) is 50.4 Å². The number of ether oxygens (including phenoxy) is 2. The molecule has 2 heterocycles. The highest BCUT2D eigenvalue weighted by Gasteiger charge is 2.26. The van der Waals surface area contributed by atoms with E-state index in [0.29, 0.717) is 24.0 Å². The fourth-order valence-electron chi connectivity index (χ4n) is 4.79. The molecule has 206 valence electrons. The van der Waals surface area contributed by atoms with Crippen molar-refractivity contribution in [3.8, 4) is 34.3 Å². The van der Waals surface area contributed by atoms with Gasteiger partial charge in [0.1, 0.15) is 19.0 Å². The van der Waals surface area contributed by atoms with Crippen LogP contribution < -0.4 is 4.74 Å². The molecule has 0 unspecified atom stereocenters. The summed E-state index contributed by atoms with van der Waals surface area (Å²) in [6, 6.07) is 32.4. The standard InChI is InChI=1S/C34H31N3O4/c1-4-34(2,3)33(38)40-20-19-39-26-14-10-12-24(22-26)32-36-35-31(41-32)23-11-9-13-25(21-23)37-29-17-7-5-15-27(29)28-16-6-8-18-30(28)37/h5-18,21-22H,4,19-20H2,1-3H3. The van der Waals surface area contributed by atoms with E-state index in [1.54, 1.807) is 0 Å². The number of benzene rings is 4. The number of esters is 1. The lowest BCUT2D eigenvalue weighted by Crippen LogP contribution is -2.27. The molecular weight excluding hydrogens is 514 g/mol. The highest BCUT2D eigenvalue weighted by molar-refractivity contribution is 6.09. The van der Waals surface area contributed by atoms with Gasteiger partial charge in [-0.2, -0.15) is 0 Å². The number of aromatic nitrogens is 3. The second kappa shape index (κ2) is 10.9. The van der Waals surface area contributed by atoms with Gasteiger partial charge in [0, 0.05) is 27.6 Å². The average Bonchev–Trinajstić information content (AvgIpc) is 3.63. The van der Waals surface area contributed by atoms with Crippen LogP contribution in [-0.4, -0.2) is 33.9 Å². The van der Waals surface area contributed by atoms with Crippen molar-refractivity contribution in [3.05, 3.63) is 97.1 Å². The van der Waals surface area contributed by atoms with Crippen molar-refractivity contribution >= 4 is 27.8 Å². The van der Waals surface area contributed by atoms with Crippen molar-refractivity contribution in [2.24, 2.45) is 5.41 Å². The molecule has 4 aromatic carbocycles. The van der Waals surface area contributed by atoms with Crippen LogP contribution >= 0.6 is 0 Å². The molecular formula is C34H31N3O4. The Bertz CT molecular complexity index is 1800. The molecule has 6 rings (SSSR count). The van der Waals surface area contributed by atoms with Gasteiger partial charge in [0.2, 0.25) is 11.8 Å². The largest absolute Gasteiger partial charge is 0.490 e. The molecule has 0 radical (unpaired) electrons. The van der Waals surface area contributed by atoms with E-state index < -0.39 is 5.41 Å². The summed E-state index contributed by atoms with van der Waals surface area (Å²) in [5, 5.41) is 11.1. The highest BCUT2D eigenvalue weighted by atomic mass is 16.6. The Labute approximate surface area is 238 Å². The van der Waals surface area contributed by atoms with Crippen LogP contribution in [0.1, 0.15) is 27.2 Å². The minimum Gasteiger partial charge on any atom is -0.490 e. The SMILES string of the molecule is CCC(C)(C)C(=O)OCCOc1cccc(-c2nnc(-c3cccc(-n4c5ccccc5c5ccccc54)c3)o2)c1. The lowest BCUT2D eigenvalue weighted by atomic mass is 9.91. The van der Waals surface area contributed by atoms with Crippen LogP contribution in [-0.2, 0) is 9.53 Å². The summed E-state index contributed by atoms with van der Waals surface area (Å²) in [6.07, 6.45) is 0.714. The Kier molecular flexibility index (Phi) is 7.01. The van der Waals surface area contributed by atoms with Crippen LogP contribution in [0.4, 0.5) is 0 Å². The van der Waals surface area contributed by atoms with E-state index in [-0.39, 0.29) is 19.2 Å². The molecule has 0 spiro atoms. The van der Waals surface area contributed by atoms with Crippen LogP contribution in [0.2, 0.25) is 0 Å². The topological polar surface area (TPSA) is 79.4 Å². The minimum atomic E-state index is -0.501.